The van der Waals surface area contributed by atoms with Crippen LogP contribution < -0.4 is 0 Å². The molecule has 1 aromatic carbocycles. The Morgan fingerprint density at radius 1 is 1.53 bits per heavy atom. The molecule has 2 aromatic heterocycles. The molecule has 0 saturated heterocycles. The van der Waals surface area contributed by atoms with E-state index in [0.29, 0.717) is 6.61 Å². The molecule has 0 aliphatic rings. The highest BCUT2D eigenvalue weighted by molar-refractivity contribution is 9.10. The number of carbonyl (C=O) groups excluding carboxylic acids is 1. The lowest BCUT2D eigenvalue weighted by Crippen LogP contribution is -2.07. The second kappa shape index (κ2) is 4.94. The van der Waals surface area contributed by atoms with E-state index in [1.165, 1.54) is 4.70 Å². The van der Waals surface area contributed by atoms with E-state index >= 15 is 0 Å². The number of aromatic nitrogens is 2. The zero-order valence-corrected chi connectivity index (χ0v) is 12.6. The third-order valence-corrected chi connectivity index (χ3v) is 4.25. The SMILES string of the molecule is CCOC(=O)Cc1cn2c(n1)sc1cc(Br)ccc12. The molecule has 19 heavy (non-hydrogen) atoms. The second-order valence-corrected chi connectivity index (χ2v) is 6.01. The Morgan fingerprint density at radius 2 is 2.37 bits per heavy atom. The van der Waals surface area contributed by atoms with E-state index in [-0.39, 0.29) is 12.4 Å². The molecule has 0 fully saturated rings. The third-order valence-electron chi connectivity index (χ3n) is 2.74. The molecule has 4 nitrogen and oxygen atoms in total. The average Bonchev–Trinajstić information content (AvgIpc) is 2.85. The van der Waals surface area contributed by atoms with Gasteiger partial charge in [0.25, 0.3) is 0 Å². The minimum atomic E-state index is -0.236. The summed E-state index contributed by atoms with van der Waals surface area (Å²) in [5.74, 6) is -0.236. The first-order chi connectivity index (χ1) is 9.17. The van der Waals surface area contributed by atoms with Gasteiger partial charge in [0.15, 0.2) is 4.96 Å². The van der Waals surface area contributed by atoms with Crippen molar-refractivity contribution in [3.8, 4) is 0 Å². The fourth-order valence-electron chi connectivity index (χ4n) is 1.97. The van der Waals surface area contributed by atoms with Gasteiger partial charge < -0.3 is 4.74 Å². The summed E-state index contributed by atoms with van der Waals surface area (Å²) in [6.45, 7) is 2.20. The molecule has 0 N–H and O–H groups in total. The molecule has 0 amide bonds. The molecule has 6 heteroatoms. The minimum Gasteiger partial charge on any atom is -0.466 e. The van der Waals surface area contributed by atoms with Crippen LogP contribution in [0.3, 0.4) is 0 Å². The number of nitrogens with zero attached hydrogens (tertiary/aromatic N) is 2. The Kier molecular flexibility index (Phi) is 3.28. The van der Waals surface area contributed by atoms with Crippen LogP contribution >= 0.6 is 27.3 Å². The first kappa shape index (κ1) is 12.6. The maximum absolute atomic E-state index is 11.4. The van der Waals surface area contributed by atoms with E-state index in [9.17, 15) is 4.79 Å². The molecule has 0 aliphatic heterocycles. The van der Waals surface area contributed by atoms with Gasteiger partial charge in [0.05, 0.1) is 28.9 Å². The number of carbonyl (C=O) groups is 1. The van der Waals surface area contributed by atoms with Gasteiger partial charge in [0.1, 0.15) is 0 Å². The first-order valence-corrected chi connectivity index (χ1v) is 7.50. The Morgan fingerprint density at radius 3 is 3.16 bits per heavy atom. The monoisotopic (exact) mass is 338 g/mol. The zero-order chi connectivity index (χ0) is 13.4. The quantitative estimate of drug-likeness (QED) is 0.687. The van der Waals surface area contributed by atoms with Crippen molar-refractivity contribution >= 4 is 48.4 Å². The van der Waals surface area contributed by atoms with Gasteiger partial charge in [-0.15, -0.1) is 0 Å². The van der Waals surface area contributed by atoms with Crippen molar-refractivity contribution in [2.75, 3.05) is 6.61 Å². The first-order valence-electron chi connectivity index (χ1n) is 5.89. The van der Waals surface area contributed by atoms with Crippen molar-refractivity contribution in [2.45, 2.75) is 13.3 Å². The van der Waals surface area contributed by atoms with Gasteiger partial charge in [0, 0.05) is 10.7 Å². The fourth-order valence-corrected chi connectivity index (χ4v) is 3.55. The summed E-state index contributed by atoms with van der Waals surface area (Å²) in [5, 5.41) is 0. The van der Waals surface area contributed by atoms with Crippen LogP contribution in [0, 0.1) is 0 Å². The number of imidazole rings is 1. The van der Waals surface area contributed by atoms with E-state index in [2.05, 4.69) is 27.0 Å². The van der Waals surface area contributed by atoms with Crippen LogP contribution in [0.5, 0.6) is 0 Å². The van der Waals surface area contributed by atoms with Crippen molar-refractivity contribution < 1.29 is 9.53 Å². The molecule has 0 spiro atoms. The number of ether oxygens (including phenoxy) is 1. The molecule has 0 radical (unpaired) electrons. The summed E-state index contributed by atoms with van der Waals surface area (Å²) in [6, 6.07) is 6.11. The highest BCUT2D eigenvalue weighted by Crippen LogP contribution is 2.28. The average molecular weight is 339 g/mol. The Hall–Kier alpha value is -1.40. The highest BCUT2D eigenvalue weighted by Gasteiger charge is 2.12. The van der Waals surface area contributed by atoms with Gasteiger partial charge in [-0.2, -0.15) is 0 Å². The number of esters is 1. The molecular formula is C13H11BrN2O2S. The van der Waals surface area contributed by atoms with E-state index in [4.69, 9.17) is 4.74 Å². The molecule has 0 aliphatic carbocycles. The van der Waals surface area contributed by atoms with Crippen molar-refractivity contribution in [2.24, 2.45) is 0 Å². The Labute approximate surface area is 122 Å². The number of rotatable bonds is 3. The standard InChI is InChI=1S/C13H11BrN2O2S/c1-2-18-12(17)6-9-7-16-10-4-3-8(14)5-11(10)19-13(16)15-9/h3-5,7H,2,6H2,1H3. The maximum atomic E-state index is 11.4. The summed E-state index contributed by atoms with van der Waals surface area (Å²) in [6.07, 6.45) is 2.12. The smallest absolute Gasteiger partial charge is 0.311 e. The van der Waals surface area contributed by atoms with Crippen LogP contribution in [0.4, 0.5) is 0 Å². The second-order valence-electron chi connectivity index (χ2n) is 4.08. The molecule has 2 heterocycles. The number of halogens is 1. The van der Waals surface area contributed by atoms with Crippen LogP contribution in [0.25, 0.3) is 15.2 Å². The van der Waals surface area contributed by atoms with Crippen LogP contribution in [-0.4, -0.2) is 22.0 Å². The van der Waals surface area contributed by atoms with Crippen molar-refractivity contribution in [3.05, 3.63) is 34.6 Å². The Balaban J connectivity index is 2.00. The molecule has 3 aromatic rings. The summed E-state index contributed by atoms with van der Waals surface area (Å²) in [4.78, 5) is 16.8. The van der Waals surface area contributed by atoms with Gasteiger partial charge in [-0.1, -0.05) is 27.3 Å². The molecular weight excluding hydrogens is 328 g/mol. The van der Waals surface area contributed by atoms with Gasteiger partial charge in [-0.3, -0.25) is 9.20 Å². The van der Waals surface area contributed by atoms with Crippen molar-refractivity contribution in [1.82, 2.24) is 9.38 Å². The molecule has 0 unspecified atom stereocenters. The number of thiazole rings is 1. The highest BCUT2D eigenvalue weighted by atomic mass is 79.9. The van der Waals surface area contributed by atoms with Crippen molar-refractivity contribution in [3.63, 3.8) is 0 Å². The minimum absolute atomic E-state index is 0.222. The lowest BCUT2D eigenvalue weighted by Gasteiger charge is -1.97. The maximum Gasteiger partial charge on any atom is 0.311 e. The van der Waals surface area contributed by atoms with E-state index in [0.717, 1.165) is 20.6 Å². The third kappa shape index (κ3) is 2.37. The van der Waals surface area contributed by atoms with E-state index in [1.807, 2.05) is 22.7 Å². The molecule has 3 rings (SSSR count). The summed E-state index contributed by atoms with van der Waals surface area (Å²) in [7, 11) is 0. The van der Waals surface area contributed by atoms with Gasteiger partial charge in [0.2, 0.25) is 0 Å². The number of benzene rings is 1. The summed E-state index contributed by atoms with van der Waals surface area (Å²) >= 11 is 5.07. The predicted octanol–water partition coefficient (Wildman–Crippen LogP) is 3.42. The van der Waals surface area contributed by atoms with Gasteiger partial charge >= 0.3 is 5.97 Å². The fraction of sp³-hybridized carbons (Fsp3) is 0.231. The summed E-state index contributed by atoms with van der Waals surface area (Å²) < 4.78 is 9.16. The van der Waals surface area contributed by atoms with Crippen LogP contribution in [0.15, 0.2) is 28.9 Å². The van der Waals surface area contributed by atoms with Gasteiger partial charge in [-0.25, -0.2) is 4.98 Å². The topological polar surface area (TPSA) is 43.6 Å². The molecule has 98 valence electrons. The molecule has 0 atom stereocenters. The Bertz CT molecular complexity index is 763. The number of hydrogen-bond donors (Lipinski definition) is 0. The lowest BCUT2D eigenvalue weighted by molar-refractivity contribution is -0.142. The lowest BCUT2D eigenvalue weighted by atomic mass is 10.3. The number of fused-ring (bicyclic) bond motifs is 3. The van der Waals surface area contributed by atoms with E-state index in [1.54, 1.807) is 18.3 Å². The largest absolute Gasteiger partial charge is 0.466 e. The summed E-state index contributed by atoms with van der Waals surface area (Å²) in [5.41, 5.74) is 1.85. The van der Waals surface area contributed by atoms with E-state index < -0.39 is 0 Å². The zero-order valence-electron chi connectivity index (χ0n) is 10.2. The van der Waals surface area contributed by atoms with Gasteiger partial charge in [-0.05, 0) is 25.1 Å². The molecule has 0 bridgehead atoms. The van der Waals surface area contributed by atoms with Crippen LogP contribution in [0.2, 0.25) is 0 Å². The number of hydrogen-bond acceptors (Lipinski definition) is 4. The van der Waals surface area contributed by atoms with Crippen molar-refractivity contribution in [1.29, 1.82) is 0 Å². The molecule has 0 saturated carbocycles. The normalized spacial score (nSPS) is 11.3. The van der Waals surface area contributed by atoms with Crippen LogP contribution in [0.1, 0.15) is 12.6 Å². The predicted molar refractivity (Wildman–Crippen MR) is 78.6 cm³/mol. The van der Waals surface area contributed by atoms with Crippen LogP contribution in [-0.2, 0) is 16.0 Å².